The molecule has 0 fully saturated rings. The molecule has 1 amide bonds. The van der Waals surface area contributed by atoms with Gasteiger partial charge in [-0.2, -0.15) is 5.10 Å². The fourth-order valence-electron chi connectivity index (χ4n) is 2.63. The van der Waals surface area contributed by atoms with Gasteiger partial charge in [0.1, 0.15) is 0 Å². The maximum Gasteiger partial charge on any atom is 0.311 e. The number of aromatic nitrogens is 2. The fourth-order valence-corrected chi connectivity index (χ4v) is 2.63. The third kappa shape index (κ3) is 3.48. The smallest absolute Gasteiger partial charge is 0.311 e. The van der Waals surface area contributed by atoms with Crippen LogP contribution in [0.2, 0.25) is 0 Å². The van der Waals surface area contributed by atoms with Crippen molar-refractivity contribution in [3.05, 3.63) is 47.8 Å². The molecular weight excluding hydrogens is 306 g/mol. The Morgan fingerprint density at radius 1 is 1.21 bits per heavy atom. The Labute approximate surface area is 141 Å². The van der Waals surface area contributed by atoms with E-state index in [1.165, 1.54) is 0 Å². The Morgan fingerprint density at radius 3 is 2.38 bits per heavy atom. The van der Waals surface area contributed by atoms with Crippen molar-refractivity contribution >= 4 is 11.9 Å². The number of rotatable bonds is 7. The molecule has 0 radical (unpaired) electrons. The second-order valence-corrected chi connectivity index (χ2v) is 5.89. The second kappa shape index (κ2) is 7.29. The Hall–Kier alpha value is -2.63. The summed E-state index contributed by atoms with van der Waals surface area (Å²) in [4.78, 5) is 23.9. The molecule has 0 spiro atoms. The number of carbonyl (C=O) groups is 2. The number of carboxylic acid groups (broad SMARTS) is 1. The van der Waals surface area contributed by atoms with Gasteiger partial charge in [-0.1, -0.05) is 32.0 Å². The number of para-hydroxylation sites is 1. The summed E-state index contributed by atoms with van der Waals surface area (Å²) in [6.07, 6.45) is 0.910. The lowest BCUT2D eigenvalue weighted by atomic mass is 9.82. The van der Waals surface area contributed by atoms with Gasteiger partial charge in [0.05, 0.1) is 11.1 Å². The Morgan fingerprint density at radius 2 is 1.83 bits per heavy atom. The SMILES string of the molecule is CCC(CC)(CNC(=O)c1cc(C)n(-c2ccccc2)n1)C(=O)O. The van der Waals surface area contributed by atoms with Gasteiger partial charge in [0.25, 0.3) is 5.91 Å². The number of nitrogens with zero attached hydrogens (tertiary/aromatic N) is 2. The van der Waals surface area contributed by atoms with Crippen molar-refractivity contribution in [2.45, 2.75) is 33.6 Å². The zero-order valence-electron chi connectivity index (χ0n) is 14.2. The third-order valence-electron chi connectivity index (χ3n) is 4.52. The molecule has 0 aliphatic carbocycles. The number of nitrogens with one attached hydrogen (secondary N) is 1. The fraction of sp³-hybridized carbons (Fsp3) is 0.389. The van der Waals surface area contributed by atoms with Crippen LogP contribution in [0.25, 0.3) is 5.69 Å². The molecule has 0 atom stereocenters. The summed E-state index contributed by atoms with van der Waals surface area (Å²) in [7, 11) is 0. The van der Waals surface area contributed by atoms with Crippen molar-refractivity contribution in [1.82, 2.24) is 15.1 Å². The summed E-state index contributed by atoms with van der Waals surface area (Å²) in [5.41, 5.74) is 1.05. The molecule has 2 aromatic rings. The Kier molecular flexibility index (Phi) is 5.39. The summed E-state index contributed by atoms with van der Waals surface area (Å²) in [5.74, 6) is -1.25. The summed E-state index contributed by atoms with van der Waals surface area (Å²) in [6.45, 7) is 5.60. The summed E-state index contributed by atoms with van der Waals surface area (Å²) in [6, 6.07) is 11.2. The van der Waals surface area contributed by atoms with Gasteiger partial charge in [0.15, 0.2) is 5.69 Å². The highest BCUT2D eigenvalue weighted by molar-refractivity contribution is 5.92. The number of aliphatic carboxylic acids is 1. The molecule has 1 heterocycles. The summed E-state index contributed by atoms with van der Waals surface area (Å²) >= 11 is 0. The molecule has 2 N–H and O–H groups in total. The van der Waals surface area contributed by atoms with E-state index in [9.17, 15) is 14.7 Å². The number of aryl methyl sites for hydroxylation is 1. The van der Waals surface area contributed by atoms with Gasteiger partial charge in [-0.15, -0.1) is 0 Å². The zero-order chi connectivity index (χ0) is 17.7. The highest BCUT2D eigenvalue weighted by Crippen LogP contribution is 2.25. The molecule has 0 bridgehead atoms. The first kappa shape index (κ1) is 17.7. The minimum absolute atomic E-state index is 0.0887. The van der Waals surface area contributed by atoms with E-state index in [2.05, 4.69) is 10.4 Å². The van der Waals surface area contributed by atoms with Crippen LogP contribution in [0, 0.1) is 12.3 Å². The first-order valence-electron chi connectivity index (χ1n) is 8.07. The van der Waals surface area contributed by atoms with Crippen molar-refractivity contribution in [2.24, 2.45) is 5.41 Å². The highest BCUT2D eigenvalue weighted by atomic mass is 16.4. The van der Waals surface area contributed by atoms with Crippen LogP contribution in [0.15, 0.2) is 36.4 Å². The standard InChI is InChI=1S/C18H23N3O3/c1-4-18(5-2,17(23)24)12-19-16(22)15-11-13(3)21(20-15)14-9-7-6-8-10-14/h6-11H,4-5,12H2,1-3H3,(H,19,22)(H,23,24). The minimum atomic E-state index is -0.938. The highest BCUT2D eigenvalue weighted by Gasteiger charge is 2.35. The van der Waals surface area contributed by atoms with Crippen LogP contribution in [0.4, 0.5) is 0 Å². The molecule has 128 valence electrons. The molecule has 2 rings (SSSR count). The number of amides is 1. The molecule has 0 aliphatic heterocycles. The van der Waals surface area contributed by atoms with Crippen LogP contribution in [0.5, 0.6) is 0 Å². The maximum atomic E-state index is 12.4. The monoisotopic (exact) mass is 329 g/mol. The van der Waals surface area contributed by atoms with Crippen LogP contribution >= 0.6 is 0 Å². The van der Waals surface area contributed by atoms with Crippen LogP contribution in [0.1, 0.15) is 42.9 Å². The van der Waals surface area contributed by atoms with Crippen LogP contribution in [-0.4, -0.2) is 33.3 Å². The third-order valence-corrected chi connectivity index (χ3v) is 4.52. The molecule has 0 aliphatic rings. The van der Waals surface area contributed by atoms with Gasteiger partial charge in [-0.25, -0.2) is 4.68 Å². The molecule has 1 aromatic carbocycles. The zero-order valence-corrected chi connectivity index (χ0v) is 14.2. The van der Waals surface area contributed by atoms with E-state index < -0.39 is 11.4 Å². The second-order valence-electron chi connectivity index (χ2n) is 5.89. The van der Waals surface area contributed by atoms with Crippen molar-refractivity contribution in [3.63, 3.8) is 0 Å². The van der Waals surface area contributed by atoms with Gasteiger partial charge >= 0.3 is 5.97 Å². The van der Waals surface area contributed by atoms with Crippen molar-refractivity contribution in [2.75, 3.05) is 6.54 Å². The molecule has 0 unspecified atom stereocenters. The van der Waals surface area contributed by atoms with Gasteiger partial charge in [-0.05, 0) is 38.0 Å². The maximum absolute atomic E-state index is 12.4. The lowest BCUT2D eigenvalue weighted by Crippen LogP contribution is -2.42. The Balaban J connectivity index is 2.15. The molecule has 6 heteroatoms. The number of hydrogen-bond donors (Lipinski definition) is 2. The number of benzene rings is 1. The molecule has 24 heavy (non-hydrogen) atoms. The molecule has 6 nitrogen and oxygen atoms in total. The average molecular weight is 329 g/mol. The van der Waals surface area contributed by atoms with Crippen LogP contribution in [-0.2, 0) is 4.79 Å². The largest absolute Gasteiger partial charge is 0.481 e. The van der Waals surface area contributed by atoms with E-state index in [1.807, 2.05) is 51.1 Å². The summed E-state index contributed by atoms with van der Waals surface area (Å²) < 4.78 is 1.69. The van der Waals surface area contributed by atoms with Gasteiger partial charge in [0.2, 0.25) is 0 Å². The van der Waals surface area contributed by atoms with Crippen LogP contribution < -0.4 is 5.32 Å². The predicted molar refractivity (Wildman–Crippen MR) is 91.3 cm³/mol. The van der Waals surface area contributed by atoms with E-state index in [0.717, 1.165) is 11.4 Å². The van der Waals surface area contributed by atoms with E-state index in [4.69, 9.17) is 0 Å². The molecule has 0 saturated carbocycles. The lowest BCUT2D eigenvalue weighted by Gasteiger charge is -2.26. The molecule has 0 saturated heterocycles. The van der Waals surface area contributed by atoms with E-state index in [1.54, 1.807) is 10.7 Å². The topological polar surface area (TPSA) is 84.2 Å². The van der Waals surface area contributed by atoms with Crippen LogP contribution in [0.3, 0.4) is 0 Å². The van der Waals surface area contributed by atoms with E-state index in [-0.39, 0.29) is 18.1 Å². The molecular formula is C18H23N3O3. The number of hydrogen-bond acceptors (Lipinski definition) is 3. The minimum Gasteiger partial charge on any atom is -0.481 e. The van der Waals surface area contributed by atoms with E-state index >= 15 is 0 Å². The number of carbonyl (C=O) groups excluding carboxylic acids is 1. The predicted octanol–water partition coefficient (Wildman–Crippen LogP) is 2.80. The van der Waals surface area contributed by atoms with E-state index in [0.29, 0.717) is 12.8 Å². The first-order chi connectivity index (χ1) is 11.4. The Bertz CT molecular complexity index is 718. The quantitative estimate of drug-likeness (QED) is 0.818. The van der Waals surface area contributed by atoms with Crippen molar-refractivity contribution in [1.29, 1.82) is 0 Å². The first-order valence-corrected chi connectivity index (χ1v) is 8.07. The van der Waals surface area contributed by atoms with Gasteiger partial charge < -0.3 is 10.4 Å². The van der Waals surface area contributed by atoms with Gasteiger partial charge in [-0.3, -0.25) is 9.59 Å². The van der Waals surface area contributed by atoms with Crippen molar-refractivity contribution < 1.29 is 14.7 Å². The average Bonchev–Trinajstić information content (AvgIpc) is 2.98. The molecule has 1 aromatic heterocycles. The normalized spacial score (nSPS) is 11.3. The van der Waals surface area contributed by atoms with Crippen molar-refractivity contribution in [3.8, 4) is 5.69 Å². The lowest BCUT2D eigenvalue weighted by molar-refractivity contribution is -0.149. The number of carboxylic acids is 1. The summed E-state index contributed by atoms with van der Waals surface area (Å²) in [5, 5.41) is 16.5. The van der Waals surface area contributed by atoms with Gasteiger partial charge in [0, 0.05) is 12.2 Å².